The van der Waals surface area contributed by atoms with E-state index in [1.165, 1.54) is 12.1 Å². The quantitative estimate of drug-likeness (QED) is 0.411. The fourth-order valence-corrected chi connectivity index (χ4v) is 4.72. The molecule has 3 aromatic carbocycles. The number of halogens is 1. The first-order valence-electron chi connectivity index (χ1n) is 12.0. The van der Waals surface area contributed by atoms with Crippen molar-refractivity contribution in [3.05, 3.63) is 101 Å². The molecule has 1 aromatic heterocycles. The second-order valence-electron chi connectivity index (χ2n) is 8.89. The lowest BCUT2D eigenvalue weighted by Gasteiger charge is -2.11. The van der Waals surface area contributed by atoms with Crippen LogP contribution in [0.5, 0.6) is 11.5 Å². The first-order valence-corrected chi connectivity index (χ1v) is 12.0. The molecular weight excluding hydrogens is 475 g/mol. The number of nitrogens with zero attached hydrogens (tertiary/aromatic N) is 2. The molecule has 0 unspecified atom stereocenters. The third-order valence-electron chi connectivity index (χ3n) is 6.53. The van der Waals surface area contributed by atoms with Gasteiger partial charge in [-0.2, -0.15) is 5.10 Å². The first-order chi connectivity index (χ1) is 18.1. The number of nitrogens with one attached hydrogen (secondary N) is 2. The summed E-state index contributed by atoms with van der Waals surface area (Å²) in [6.45, 7) is 0.469. The molecule has 0 spiro atoms. The molecule has 8 nitrogen and oxygen atoms in total. The van der Waals surface area contributed by atoms with Crippen LogP contribution in [-0.2, 0) is 19.4 Å². The minimum atomic E-state index is -0.393. The Hall–Kier alpha value is -4.66. The Labute approximate surface area is 212 Å². The number of amides is 2. The van der Waals surface area contributed by atoms with Crippen LogP contribution >= 0.6 is 0 Å². The predicted molar refractivity (Wildman–Crippen MR) is 134 cm³/mol. The van der Waals surface area contributed by atoms with E-state index in [-0.39, 0.29) is 25.1 Å². The van der Waals surface area contributed by atoms with Crippen LogP contribution in [0, 0.1) is 5.82 Å². The lowest BCUT2D eigenvalue weighted by molar-refractivity contribution is 0.0951. The molecule has 4 aromatic rings. The molecule has 2 amide bonds. The van der Waals surface area contributed by atoms with Gasteiger partial charge >= 0.3 is 0 Å². The molecule has 0 atom stereocenters. The van der Waals surface area contributed by atoms with Crippen LogP contribution in [0.2, 0.25) is 0 Å². The van der Waals surface area contributed by atoms with Crippen molar-refractivity contribution >= 4 is 17.5 Å². The fourth-order valence-electron chi connectivity index (χ4n) is 4.72. The molecule has 0 radical (unpaired) electrons. The zero-order chi connectivity index (χ0) is 25.4. The second-order valence-corrected chi connectivity index (χ2v) is 8.89. The smallest absolute Gasteiger partial charge is 0.276 e. The van der Waals surface area contributed by atoms with Crippen molar-refractivity contribution in [1.29, 1.82) is 0 Å². The maximum atomic E-state index is 13.4. The molecular formula is C28H23FN4O4. The van der Waals surface area contributed by atoms with Crippen molar-refractivity contribution in [2.45, 2.75) is 25.8 Å². The van der Waals surface area contributed by atoms with E-state index in [4.69, 9.17) is 9.47 Å². The highest BCUT2D eigenvalue weighted by Crippen LogP contribution is 2.32. The Morgan fingerprint density at radius 2 is 1.76 bits per heavy atom. The van der Waals surface area contributed by atoms with E-state index in [0.717, 1.165) is 36.1 Å². The van der Waals surface area contributed by atoms with E-state index in [1.54, 1.807) is 41.1 Å². The average Bonchev–Trinajstić information content (AvgIpc) is 3.65. The number of carbonyl (C=O) groups is 2. The maximum absolute atomic E-state index is 13.4. The Kier molecular flexibility index (Phi) is 5.80. The van der Waals surface area contributed by atoms with Gasteiger partial charge in [-0.3, -0.25) is 9.59 Å². The van der Waals surface area contributed by atoms with Crippen molar-refractivity contribution < 1.29 is 23.5 Å². The van der Waals surface area contributed by atoms with Crippen LogP contribution in [0.15, 0.2) is 66.7 Å². The molecule has 1 aliphatic carbocycles. The summed E-state index contributed by atoms with van der Waals surface area (Å²) in [5, 5.41) is 10.3. The number of hydrogen-bond acceptors (Lipinski definition) is 5. The number of fused-ring (bicyclic) bond motifs is 2. The molecule has 2 aliphatic rings. The van der Waals surface area contributed by atoms with Crippen molar-refractivity contribution in [3.63, 3.8) is 0 Å². The number of aromatic nitrogens is 2. The van der Waals surface area contributed by atoms with Crippen LogP contribution in [0.3, 0.4) is 0 Å². The molecule has 2 N–H and O–H groups in total. The number of benzene rings is 3. The molecule has 0 saturated carbocycles. The van der Waals surface area contributed by atoms with E-state index >= 15 is 0 Å². The number of carbonyl (C=O) groups excluding carboxylic acids is 2. The minimum absolute atomic E-state index is 0.184. The second kappa shape index (κ2) is 9.42. The van der Waals surface area contributed by atoms with Gasteiger partial charge in [0.15, 0.2) is 17.2 Å². The van der Waals surface area contributed by atoms with Gasteiger partial charge in [-0.15, -0.1) is 0 Å². The molecule has 0 saturated heterocycles. The number of para-hydroxylation sites is 1. The summed E-state index contributed by atoms with van der Waals surface area (Å²) in [6.07, 6.45) is 2.43. The fraction of sp³-hybridized carbons (Fsp3) is 0.179. The van der Waals surface area contributed by atoms with Crippen molar-refractivity contribution in [1.82, 2.24) is 15.1 Å². The van der Waals surface area contributed by atoms with E-state index in [2.05, 4.69) is 15.7 Å². The predicted octanol–water partition coefficient (Wildman–Crippen LogP) is 4.41. The summed E-state index contributed by atoms with van der Waals surface area (Å²) in [5.74, 6) is 0.271. The molecule has 37 heavy (non-hydrogen) atoms. The lowest BCUT2D eigenvalue weighted by atomic mass is 10.1. The van der Waals surface area contributed by atoms with Crippen molar-refractivity contribution in [2.24, 2.45) is 0 Å². The largest absolute Gasteiger partial charge is 0.454 e. The van der Waals surface area contributed by atoms with Gasteiger partial charge in [0, 0.05) is 17.8 Å². The monoisotopic (exact) mass is 498 g/mol. The van der Waals surface area contributed by atoms with Crippen molar-refractivity contribution in [2.75, 3.05) is 12.1 Å². The maximum Gasteiger partial charge on any atom is 0.276 e. The van der Waals surface area contributed by atoms with Crippen LogP contribution in [0.1, 0.15) is 44.1 Å². The first kappa shape index (κ1) is 22.8. The number of hydrogen-bond donors (Lipinski definition) is 2. The highest BCUT2D eigenvalue weighted by atomic mass is 19.1. The van der Waals surface area contributed by atoms with E-state index in [0.29, 0.717) is 34.1 Å². The van der Waals surface area contributed by atoms with Gasteiger partial charge in [0.2, 0.25) is 6.79 Å². The highest BCUT2D eigenvalue weighted by molar-refractivity contribution is 6.09. The summed E-state index contributed by atoms with van der Waals surface area (Å²) < 4.78 is 25.9. The molecule has 0 fully saturated rings. The summed E-state index contributed by atoms with van der Waals surface area (Å²) in [6, 6.07) is 18.4. The molecule has 6 rings (SSSR count). The Morgan fingerprint density at radius 3 is 2.62 bits per heavy atom. The van der Waals surface area contributed by atoms with Crippen molar-refractivity contribution in [3.8, 4) is 17.2 Å². The highest BCUT2D eigenvalue weighted by Gasteiger charge is 2.27. The Bertz CT molecular complexity index is 1510. The van der Waals surface area contributed by atoms with Gasteiger partial charge in [0.05, 0.1) is 16.9 Å². The van der Waals surface area contributed by atoms with Crippen LogP contribution in [-0.4, -0.2) is 28.4 Å². The van der Waals surface area contributed by atoms with Gasteiger partial charge in [0.1, 0.15) is 5.82 Å². The van der Waals surface area contributed by atoms with Gasteiger partial charge in [-0.1, -0.05) is 18.2 Å². The molecule has 9 heteroatoms. The molecule has 0 bridgehead atoms. The average molecular weight is 499 g/mol. The third kappa shape index (κ3) is 4.40. The van der Waals surface area contributed by atoms with Gasteiger partial charge in [-0.25, -0.2) is 9.07 Å². The Morgan fingerprint density at radius 1 is 0.946 bits per heavy atom. The normalized spacial score (nSPS) is 13.3. The number of rotatable bonds is 6. The summed E-state index contributed by atoms with van der Waals surface area (Å²) in [4.78, 5) is 26.4. The summed E-state index contributed by atoms with van der Waals surface area (Å²) in [5.41, 5.74) is 4.43. The zero-order valence-electron chi connectivity index (χ0n) is 19.8. The van der Waals surface area contributed by atoms with E-state index < -0.39 is 5.91 Å². The van der Waals surface area contributed by atoms with Crippen LogP contribution in [0.25, 0.3) is 5.69 Å². The number of ether oxygens (including phenoxy) is 2. The van der Waals surface area contributed by atoms with Crippen LogP contribution in [0.4, 0.5) is 10.1 Å². The standard InChI is InChI=1S/C28H23FN4O4/c29-18-9-11-19(12-10-18)33-23-7-3-5-21(23)26(32-33)28(35)31-22-6-2-1-4-20(22)27(34)30-15-17-8-13-24-25(14-17)37-16-36-24/h1-2,4,6,8-14H,3,5,7,15-16H2,(H,30,34)(H,31,35). The minimum Gasteiger partial charge on any atom is -0.454 e. The SMILES string of the molecule is O=C(NCc1ccc2c(c1)OCO2)c1ccccc1NC(=O)c1nn(-c2ccc(F)cc2)c2c1CCC2. The van der Waals surface area contributed by atoms with E-state index in [9.17, 15) is 14.0 Å². The lowest BCUT2D eigenvalue weighted by Crippen LogP contribution is -2.25. The number of anilines is 1. The summed E-state index contributed by atoms with van der Waals surface area (Å²) >= 11 is 0. The van der Waals surface area contributed by atoms with Gasteiger partial charge < -0.3 is 20.1 Å². The van der Waals surface area contributed by atoms with Gasteiger partial charge in [0.25, 0.3) is 11.8 Å². The van der Waals surface area contributed by atoms with E-state index in [1.807, 2.05) is 18.2 Å². The molecule has 2 heterocycles. The topological polar surface area (TPSA) is 94.5 Å². The zero-order valence-corrected chi connectivity index (χ0v) is 19.8. The summed E-state index contributed by atoms with van der Waals surface area (Å²) in [7, 11) is 0. The third-order valence-corrected chi connectivity index (χ3v) is 6.53. The van der Waals surface area contributed by atoms with Gasteiger partial charge in [-0.05, 0) is 73.4 Å². The Balaban J connectivity index is 1.21. The van der Waals surface area contributed by atoms with Crippen LogP contribution < -0.4 is 20.1 Å². The molecule has 186 valence electrons. The molecule has 1 aliphatic heterocycles.